The first-order valence-corrected chi connectivity index (χ1v) is 7.55. The molecule has 23 heavy (non-hydrogen) atoms. The Morgan fingerprint density at radius 1 is 1.17 bits per heavy atom. The summed E-state index contributed by atoms with van der Waals surface area (Å²) in [6.45, 7) is 5.23. The number of nitrogens with zero attached hydrogens (tertiary/aromatic N) is 2. The van der Waals surface area contributed by atoms with Gasteiger partial charge < -0.3 is 15.4 Å². The number of hydrogen-bond donors (Lipinski definition) is 2. The third kappa shape index (κ3) is 5.03. The summed E-state index contributed by atoms with van der Waals surface area (Å²) in [5.74, 6) is 0.376. The van der Waals surface area contributed by atoms with E-state index in [-0.39, 0.29) is 5.91 Å². The monoisotopic (exact) mass is 314 g/mol. The lowest BCUT2D eigenvalue weighted by atomic mass is 10.1. The maximum atomic E-state index is 11.9. The minimum Gasteiger partial charge on any atom is -0.385 e. The van der Waals surface area contributed by atoms with Gasteiger partial charge in [0.25, 0.3) is 5.91 Å². The van der Waals surface area contributed by atoms with Crippen molar-refractivity contribution in [1.29, 1.82) is 0 Å². The number of anilines is 2. The van der Waals surface area contributed by atoms with Gasteiger partial charge in [-0.1, -0.05) is 12.1 Å². The van der Waals surface area contributed by atoms with Crippen LogP contribution in [0.3, 0.4) is 0 Å². The van der Waals surface area contributed by atoms with Gasteiger partial charge in [0.2, 0.25) is 0 Å². The number of aryl methyl sites for hydroxylation is 2. The third-order valence-corrected chi connectivity index (χ3v) is 3.36. The van der Waals surface area contributed by atoms with Gasteiger partial charge in [0.15, 0.2) is 11.5 Å². The predicted octanol–water partition coefficient (Wildman–Crippen LogP) is 2.60. The molecule has 6 heteroatoms. The maximum absolute atomic E-state index is 11.9. The molecular weight excluding hydrogens is 292 g/mol. The van der Waals surface area contributed by atoms with Crippen molar-refractivity contribution in [3.8, 4) is 0 Å². The largest absolute Gasteiger partial charge is 0.385 e. The van der Waals surface area contributed by atoms with E-state index < -0.39 is 0 Å². The average Bonchev–Trinajstić information content (AvgIpc) is 2.55. The molecule has 0 unspecified atom stereocenters. The summed E-state index contributed by atoms with van der Waals surface area (Å²) in [5.41, 5.74) is 3.57. The molecule has 0 aliphatic heterocycles. The van der Waals surface area contributed by atoms with Crippen LogP contribution in [0.2, 0.25) is 0 Å². The first kappa shape index (κ1) is 16.9. The van der Waals surface area contributed by atoms with Crippen molar-refractivity contribution in [3.63, 3.8) is 0 Å². The van der Waals surface area contributed by atoms with Crippen LogP contribution < -0.4 is 10.6 Å². The molecule has 0 saturated heterocycles. The second-order valence-corrected chi connectivity index (χ2v) is 5.35. The Bertz CT molecular complexity index is 656. The van der Waals surface area contributed by atoms with Crippen molar-refractivity contribution >= 4 is 17.4 Å². The smallest absolute Gasteiger partial charge is 0.271 e. The fourth-order valence-corrected chi connectivity index (χ4v) is 2.04. The first-order valence-electron chi connectivity index (χ1n) is 7.55. The summed E-state index contributed by atoms with van der Waals surface area (Å²) in [6.07, 6.45) is 0.766. The number of hydrogen-bond acceptors (Lipinski definition) is 5. The van der Waals surface area contributed by atoms with E-state index in [1.54, 1.807) is 19.2 Å². The highest BCUT2D eigenvalue weighted by Crippen LogP contribution is 2.20. The number of benzene rings is 1. The van der Waals surface area contributed by atoms with E-state index in [0.29, 0.717) is 24.7 Å². The predicted molar refractivity (Wildman–Crippen MR) is 90.1 cm³/mol. The number of amides is 1. The summed E-state index contributed by atoms with van der Waals surface area (Å²) in [6, 6.07) is 9.56. The van der Waals surface area contributed by atoms with Crippen LogP contribution in [-0.4, -0.2) is 36.4 Å². The average molecular weight is 314 g/mol. The van der Waals surface area contributed by atoms with Crippen molar-refractivity contribution in [2.24, 2.45) is 0 Å². The van der Waals surface area contributed by atoms with Crippen molar-refractivity contribution in [1.82, 2.24) is 15.5 Å². The summed E-state index contributed by atoms with van der Waals surface area (Å²) in [4.78, 5) is 11.9. The molecule has 1 aromatic carbocycles. The standard InChI is InChI=1S/C17H22N4O2/c1-12-5-6-13(2)15(11-12)19-16-8-7-14(20-21-16)17(22)18-9-4-10-23-3/h5-8,11H,4,9-10H2,1-3H3,(H,18,22)(H,19,21). The van der Waals surface area contributed by atoms with Crippen LogP contribution in [0.4, 0.5) is 11.5 Å². The van der Waals surface area contributed by atoms with Crippen LogP contribution in [0.15, 0.2) is 30.3 Å². The summed E-state index contributed by atoms with van der Waals surface area (Å²) in [7, 11) is 1.63. The molecule has 0 fully saturated rings. The zero-order valence-electron chi connectivity index (χ0n) is 13.7. The zero-order valence-corrected chi connectivity index (χ0v) is 13.7. The van der Waals surface area contributed by atoms with E-state index in [4.69, 9.17) is 4.74 Å². The van der Waals surface area contributed by atoms with Crippen molar-refractivity contribution in [3.05, 3.63) is 47.2 Å². The number of methoxy groups -OCH3 is 1. The Morgan fingerprint density at radius 2 is 2.00 bits per heavy atom. The quantitative estimate of drug-likeness (QED) is 0.768. The SMILES string of the molecule is COCCCNC(=O)c1ccc(Nc2cc(C)ccc2C)nn1. The minimum absolute atomic E-state index is 0.230. The summed E-state index contributed by atoms with van der Waals surface area (Å²) >= 11 is 0. The van der Waals surface area contributed by atoms with E-state index in [9.17, 15) is 4.79 Å². The molecule has 0 atom stereocenters. The van der Waals surface area contributed by atoms with E-state index in [0.717, 1.165) is 23.2 Å². The van der Waals surface area contributed by atoms with Gasteiger partial charge >= 0.3 is 0 Å². The highest BCUT2D eigenvalue weighted by molar-refractivity contribution is 5.92. The normalized spacial score (nSPS) is 10.4. The molecule has 1 aromatic heterocycles. The van der Waals surface area contributed by atoms with Gasteiger partial charge in [-0.15, -0.1) is 10.2 Å². The van der Waals surface area contributed by atoms with Crippen LogP contribution in [0.5, 0.6) is 0 Å². The Hall–Kier alpha value is -2.47. The molecule has 2 N–H and O–H groups in total. The second kappa shape index (κ2) is 8.24. The molecule has 2 aromatic rings. The van der Waals surface area contributed by atoms with Gasteiger partial charge in [0, 0.05) is 25.9 Å². The molecule has 0 saturated carbocycles. The van der Waals surface area contributed by atoms with Crippen LogP contribution in [0, 0.1) is 13.8 Å². The second-order valence-electron chi connectivity index (χ2n) is 5.35. The summed E-state index contributed by atoms with van der Waals surface area (Å²) in [5, 5.41) is 14.0. The number of aromatic nitrogens is 2. The third-order valence-electron chi connectivity index (χ3n) is 3.36. The fourth-order valence-electron chi connectivity index (χ4n) is 2.04. The minimum atomic E-state index is -0.230. The van der Waals surface area contributed by atoms with Crippen LogP contribution >= 0.6 is 0 Å². The van der Waals surface area contributed by atoms with Crippen molar-refractivity contribution in [2.45, 2.75) is 20.3 Å². The number of carbonyl (C=O) groups is 1. The van der Waals surface area contributed by atoms with E-state index in [1.807, 2.05) is 26.0 Å². The molecule has 0 radical (unpaired) electrons. The van der Waals surface area contributed by atoms with Crippen LogP contribution in [0.1, 0.15) is 28.0 Å². The van der Waals surface area contributed by atoms with Gasteiger partial charge in [-0.25, -0.2) is 0 Å². The molecule has 122 valence electrons. The van der Waals surface area contributed by atoms with Gasteiger partial charge in [0.05, 0.1) is 0 Å². The van der Waals surface area contributed by atoms with E-state index in [2.05, 4.69) is 26.9 Å². The topological polar surface area (TPSA) is 76.1 Å². The van der Waals surface area contributed by atoms with Gasteiger partial charge in [0.1, 0.15) is 0 Å². The van der Waals surface area contributed by atoms with Crippen molar-refractivity contribution in [2.75, 3.05) is 25.6 Å². The number of rotatable bonds is 7. The number of nitrogens with one attached hydrogen (secondary N) is 2. The van der Waals surface area contributed by atoms with Crippen molar-refractivity contribution < 1.29 is 9.53 Å². The highest BCUT2D eigenvalue weighted by Gasteiger charge is 2.08. The molecule has 0 spiro atoms. The molecule has 0 aliphatic rings. The van der Waals surface area contributed by atoms with Gasteiger partial charge in [-0.3, -0.25) is 4.79 Å². The highest BCUT2D eigenvalue weighted by atomic mass is 16.5. The van der Waals surface area contributed by atoms with E-state index >= 15 is 0 Å². The molecule has 2 rings (SSSR count). The van der Waals surface area contributed by atoms with Gasteiger partial charge in [-0.2, -0.15) is 0 Å². The Balaban J connectivity index is 1.96. The molecule has 0 aliphatic carbocycles. The Kier molecular flexibility index (Phi) is 6.05. The molecule has 0 bridgehead atoms. The van der Waals surface area contributed by atoms with E-state index in [1.165, 1.54) is 0 Å². The first-order chi connectivity index (χ1) is 11.1. The lowest BCUT2D eigenvalue weighted by Crippen LogP contribution is -2.26. The lowest BCUT2D eigenvalue weighted by molar-refractivity contribution is 0.0942. The van der Waals surface area contributed by atoms with Crippen LogP contribution in [-0.2, 0) is 4.74 Å². The summed E-state index contributed by atoms with van der Waals surface area (Å²) < 4.78 is 4.93. The molecule has 1 heterocycles. The molecule has 6 nitrogen and oxygen atoms in total. The van der Waals surface area contributed by atoms with Crippen LogP contribution in [0.25, 0.3) is 0 Å². The molecule has 1 amide bonds. The number of ether oxygens (including phenoxy) is 1. The fraction of sp³-hybridized carbons (Fsp3) is 0.353. The van der Waals surface area contributed by atoms with Gasteiger partial charge in [-0.05, 0) is 49.6 Å². The maximum Gasteiger partial charge on any atom is 0.271 e. The zero-order chi connectivity index (χ0) is 16.7. The Morgan fingerprint density at radius 3 is 2.70 bits per heavy atom. The lowest BCUT2D eigenvalue weighted by Gasteiger charge is -2.09. The number of carbonyl (C=O) groups excluding carboxylic acids is 1. The molecular formula is C17H22N4O2. The Labute approximate surface area is 136 Å².